The molecule has 216 valence electrons. The summed E-state index contributed by atoms with van der Waals surface area (Å²) in [4.78, 5) is 25.8. The van der Waals surface area contributed by atoms with E-state index < -0.39 is 29.6 Å². The van der Waals surface area contributed by atoms with Crippen LogP contribution in [0.1, 0.15) is 71.7 Å². The molecule has 2 amide bonds. The molecule has 1 saturated carbocycles. The number of nitrogens with one attached hydrogen (secondary N) is 1. The minimum Gasteiger partial charge on any atom is -0.478 e. The number of amides is 2. The number of aromatic nitrogens is 1. The van der Waals surface area contributed by atoms with Gasteiger partial charge in [0.2, 0.25) is 0 Å². The van der Waals surface area contributed by atoms with Crippen molar-refractivity contribution in [2.45, 2.75) is 75.4 Å². The Hall–Kier alpha value is -3.93. The Morgan fingerprint density at radius 1 is 1.07 bits per heavy atom. The maximum absolute atomic E-state index is 14.4. The van der Waals surface area contributed by atoms with Crippen molar-refractivity contribution in [2.75, 3.05) is 5.32 Å². The van der Waals surface area contributed by atoms with Gasteiger partial charge in [0.15, 0.2) is 0 Å². The van der Waals surface area contributed by atoms with E-state index in [0.29, 0.717) is 24.2 Å². The average Bonchev–Trinajstić information content (AvgIpc) is 3.63. The van der Waals surface area contributed by atoms with Gasteiger partial charge in [0, 0.05) is 29.1 Å². The third-order valence-electron chi connectivity index (χ3n) is 8.10. The number of alkyl halides is 3. The predicted octanol–water partition coefficient (Wildman–Crippen LogP) is 6.82. The van der Waals surface area contributed by atoms with E-state index in [9.17, 15) is 27.2 Å². The number of aromatic carboxylic acids is 1. The minimum atomic E-state index is -4.55. The predicted molar refractivity (Wildman–Crippen MR) is 138 cm³/mol. The number of urea groups is 1. The summed E-state index contributed by atoms with van der Waals surface area (Å²) in [6, 6.07) is 7.79. The molecule has 3 heterocycles. The van der Waals surface area contributed by atoms with E-state index in [2.05, 4.69) is 10.5 Å². The summed E-state index contributed by atoms with van der Waals surface area (Å²) in [6.07, 6.45) is -0.533. The fraction of sp³-hybridized carbons (Fsp3) is 0.414. The number of carbonyl (C=O) groups excluding carboxylic acids is 1. The molecular formula is C29H27F4N3O5. The molecular weight excluding hydrogens is 546 g/mol. The van der Waals surface area contributed by atoms with Crippen LogP contribution in [0.4, 0.5) is 28.0 Å². The number of ether oxygens (including phenoxy) is 1. The summed E-state index contributed by atoms with van der Waals surface area (Å²) in [6.45, 7) is 0.0360. The normalized spacial score (nSPS) is 22.1. The Morgan fingerprint density at radius 2 is 1.78 bits per heavy atom. The average molecular weight is 574 g/mol. The number of rotatable bonds is 7. The fourth-order valence-electron chi connectivity index (χ4n) is 6.00. The van der Waals surface area contributed by atoms with E-state index in [-0.39, 0.29) is 53.2 Å². The highest BCUT2D eigenvalue weighted by Gasteiger charge is 2.44. The Morgan fingerprint density at radius 3 is 2.41 bits per heavy atom. The van der Waals surface area contributed by atoms with Crippen molar-refractivity contribution in [3.8, 4) is 11.3 Å². The SMILES string of the molecule is O=C(O)c1ccc(NC(=O)N2C3CCC2CC(OCc2c(-c4ccccc4C(F)(F)F)noc2C2CC2)C3)c(F)c1. The first kappa shape index (κ1) is 27.3. The summed E-state index contributed by atoms with van der Waals surface area (Å²) in [5.74, 6) is -1.44. The molecule has 3 aliphatic rings. The second-order valence-electron chi connectivity index (χ2n) is 10.8. The molecule has 2 aliphatic heterocycles. The van der Waals surface area contributed by atoms with Crippen LogP contribution < -0.4 is 5.32 Å². The topological polar surface area (TPSA) is 105 Å². The second-order valence-corrected chi connectivity index (χ2v) is 10.8. The zero-order valence-electron chi connectivity index (χ0n) is 21.8. The highest BCUT2D eigenvalue weighted by atomic mass is 19.4. The van der Waals surface area contributed by atoms with Crippen LogP contribution in [0.15, 0.2) is 47.0 Å². The maximum atomic E-state index is 14.4. The lowest BCUT2D eigenvalue weighted by molar-refractivity contribution is -0.137. The van der Waals surface area contributed by atoms with Crippen molar-refractivity contribution >= 4 is 17.7 Å². The van der Waals surface area contributed by atoms with Gasteiger partial charge in [-0.25, -0.2) is 14.0 Å². The van der Waals surface area contributed by atoms with E-state index in [1.807, 2.05) is 0 Å². The number of carboxylic acid groups (broad SMARTS) is 1. The second kappa shape index (κ2) is 10.5. The van der Waals surface area contributed by atoms with Crippen molar-refractivity contribution in [3.05, 3.63) is 70.7 Å². The molecule has 8 nitrogen and oxygen atoms in total. The molecule has 3 aromatic rings. The van der Waals surface area contributed by atoms with Gasteiger partial charge in [0.1, 0.15) is 17.3 Å². The van der Waals surface area contributed by atoms with Gasteiger partial charge in [-0.3, -0.25) is 0 Å². The van der Waals surface area contributed by atoms with Crippen molar-refractivity contribution in [2.24, 2.45) is 0 Å². The first-order valence-electron chi connectivity index (χ1n) is 13.5. The number of hydrogen-bond acceptors (Lipinski definition) is 5. The molecule has 2 atom stereocenters. The number of fused-ring (bicyclic) bond motifs is 2. The van der Waals surface area contributed by atoms with Gasteiger partial charge >= 0.3 is 18.2 Å². The number of hydrogen-bond donors (Lipinski definition) is 2. The molecule has 0 spiro atoms. The van der Waals surface area contributed by atoms with Gasteiger partial charge in [-0.15, -0.1) is 0 Å². The molecule has 2 aromatic carbocycles. The molecule has 41 heavy (non-hydrogen) atoms. The van der Waals surface area contributed by atoms with Crippen molar-refractivity contribution in [1.29, 1.82) is 0 Å². The molecule has 2 saturated heterocycles. The summed E-state index contributed by atoms with van der Waals surface area (Å²) in [5.41, 5.74) is -0.508. The number of carbonyl (C=O) groups is 2. The first-order chi connectivity index (χ1) is 19.6. The molecule has 2 unspecified atom stereocenters. The Balaban J connectivity index is 1.15. The van der Waals surface area contributed by atoms with Crippen LogP contribution in [0.25, 0.3) is 11.3 Å². The molecule has 2 bridgehead atoms. The van der Waals surface area contributed by atoms with Crippen molar-refractivity contribution in [1.82, 2.24) is 10.1 Å². The standard InChI is InChI=1S/C29H27F4N3O5/c30-23-11-16(27(37)38)7-10-24(23)34-28(39)36-17-8-9-18(36)13-19(12-17)40-14-21-25(35-41-26(21)15-5-6-15)20-3-1-2-4-22(20)29(31,32)33/h1-4,7,10-11,15,17-19H,5-6,8-9,12-14H2,(H,34,39)(H,37,38). The smallest absolute Gasteiger partial charge is 0.417 e. The molecule has 1 aromatic heterocycles. The molecule has 1 aliphatic carbocycles. The van der Waals surface area contributed by atoms with E-state index in [4.69, 9.17) is 14.4 Å². The summed E-state index contributed by atoms with van der Waals surface area (Å²) in [7, 11) is 0. The molecule has 6 rings (SSSR count). The van der Waals surface area contributed by atoms with E-state index in [1.54, 1.807) is 4.90 Å². The fourth-order valence-corrected chi connectivity index (χ4v) is 6.00. The van der Waals surface area contributed by atoms with Crippen LogP contribution in [-0.2, 0) is 17.5 Å². The quantitative estimate of drug-likeness (QED) is 0.301. The van der Waals surface area contributed by atoms with Gasteiger partial charge in [-0.1, -0.05) is 23.4 Å². The van der Waals surface area contributed by atoms with Gasteiger partial charge in [0.05, 0.1) is 29.5 Å². The van der Waals surface area contributed by atoms with E-state index >= 15 is 0 Å². The molecule has 0 radical (unpaired) electrons. The Labute approximate surface area is 232 Å². The monoisotopic (exact) mass is 573 g/mol. The van der Waals surface area contributed by atoms with Crippen molar-refractivity contribution in [3.63, 3.8) is 0 Å². The maximum Gasteiger partial charge on any atom is 0.417 e. The summed E-state index contributed by atoms with van der Waals surface area (Å²) < 4.78 is 67.5. The van der Waals surface area contributed by atoms with Crippen LogP contribution in [-0.4, -0.2) is 45.4 Å². The summed E-state index contributed by atoms with van der Waals surface area (Å²) >= 11 is 0. The third kappa shape index (κ3) is 5.40. The van der Waals surface area contributed by atoms with Gasteiger partial charge in [-0.2, -0.15) is 13.2 Å². The van der Waals surface area contributed by atoms with Crippen LogP contribution in [0.5, 0.6) is 0 Å². The zero-order valence-corrected chi connectivity index (χ0v) is 21.8. The first-order valence-corrected chi connectivity index (χ1v) is 13.5. The molecule has 3 fully saturated rings. The van der Waals surface area contributed by atoms with Crippen molar-refractivity contribution < 1.29 is 41.5 Å². The molecule has 12 heteroatoms. The van der Waals surface area contributed by atoms with Crippen LogP contribution >= 0.6 is 0 Å². The highest BCUT2D eigenvalue weighted by molar-refractivity contribution is 5.92. The number of benzene rings is 2. The van der Waals surface area contributed by atoms with Crippen LogP contribution in [0.3, 0.4) is 0 Å². The Kier molecular flexibility index (Phi) is 6.96. The number of anilines is 1. The number of nitrogens with zero attached hydrogens (tertiary/aromatic N) is 2. The Bertz CT molecular complexity index is 1470. The number of halogens is 4. The number of carboxylic acids is 1. The van der Waals surface area contributed by atoms with Gasteiger partial charge in [0.25, 0.3) is 0 Å². The lowest BCUT2D eigenvalue weighted by atomic mass is 9.98. The largest absolute Gasteiger partial charge is 0.478 e. The van der Waals surface area contributed by atoms with Gasteiger partial charge < -0.3 is 24.6 Å². The van der Waals surface area contributed by atoms with E-state index in [0.717, 1.165) is 37.8 Å². The van der Waals surface area contributed by atoms with Crippen LogP contribution in [0.2, 0.25) is 0 Å². The highest BCUT2D eigenvalue weighted by Crippen LogP contribution is 2.46. The third-order valence-corrected chi connectivity index (χ3v) is 8.10. The lowest BCUT2D eigenvalue weighted by Crippen LogP contribution is -2.50. The molecule has 2 N–H and O–H groups in total. The number of piperidine rings is 1. The van der Waals surface area contributed by atoms with Crippen LogP contribution in [0, 0.1) is 5.82 Å². The lowest BCUT2D eigenvalue weighted by Gasteiger charge is -2.38. The van der Waals surface area contributed by atoms with E-state index in [1.165, 1.54) is 30.3 Å². The zero-order chi connectivity index (χ0) is 28.9. The summed E-state index contributed by atoms with van der Waals surface area (Å²) in [5, 5.41) is 15.6. The minimum absolute atomic E-state index is 0.0360. The van der Waals surface area contributed by atoms with Gasteiger partial charge in [-0.05, 0) is 62.8 Å².